The maximum absolute atomic E-state index is 13.6. The van der Waals surface area contributed by atoms with Crippen molar-refractivity contribution in [2.45, 2.75) is 18.9 Å². The molecule has 178 valence electrons. The monoisotopic (exact) mass is 464 g/mol. The van der Waals surface area contributed by atoms with E-state index in [1.165, 1.54) is 5.56 Å². The summed E-state index contributed by atoms with van der Waals surface area (Å²) in [5.41, 5.74) is 3.23. The van der Waals surface area contributed by atoms with Gasteiger partial charge in [-0.1, -0.05) is 66.7 Å². The first-order valence-corrected chi connectivity index (χ1v) is 12.4. The smallest absolute Gasteiger partial charge is 0.233 e. The minimum atomic E-state index is -0.231. The SMILES string of the molecule is O=C(Nc1ccc2cnccc2c1)C(CN1CCCN(Cc2ccccc2)CC1)c1ccccc1. The number of carbonyl (C=O) groups excluding carboxylic acids is 1. The second kappa shape index (κ2) is 11.3. The van der Waals surface area contributed by atoms with Gasteiger partial charge in [-0.2, -0.15) is 0 Å². The van der Waals surface area contributed by atoms with Gasteiger partial charge in [0.15, 0.2) is 0 Å². The van der Waals surface area contributed by atoms with E-state index < -0.39 is 0 Å². The van der Waals surface area contributed by atoms with Gasteiger partial charge in [0.1, 0.15) is 0 Å². The Morgan fingerprint density at radius 1 is 0.829 bits per heavy atom. The van der Waals surface area contributed by atoms with Crippen molar-refractivity contribution in [2.24, 2.45) is 0 Å². The van der Waals surface area contributed by atoms with Crippen molar-refractivity contribution < 1.29 is 4.79 Å². The van der Waals surface area contributed by atoms with E-state index in [2.05, 4.69) is 62.6 Å². The highest BCUT2D eigenvalue weighted by Gasteiger charge is 2.25. The van der Waals surface area contributed by atoms with Crippen LogP contribution in [0.2, 0.25) is 0 Å². The average molecular weight is 465 g/mol. The van der Waals surface area contributed by atoms with Crippen molar-refractivity contribution >= 4 is 22.4 Å². The normalized spacial score (nSPS) is 16.0. The Morgan fingerprint density at radius 3 is 2.40 bits per heavy atom. The average Bonchev–Trinajstić information content (AvgIpc) is 3.13. The van der Waals surface area contributed by atoms with Gasteiger partial charge in [-0.3, -0.25) is 14.7 Å². The number of fused-ring (bicyclic) bond motifs is 1. The lowest BCUT2D eigenvalue weighted by molar-refractivity contribution is -0.118. The van der Waals surface area contributed by atoms with Crippen molar-refractivity contribution in [3.05, 3.63) is 108 Å². The fourth-order valence-electron chi connectivity index (χ4n) is 4.88. The second-order valence-electron chi connectivity index (χ2n) is 9.31. The van der Waals surface area contributed by atoms with Crippen LogP contribution in [0.5, 0.6) is 0 Å². The van der Waals surface area contributed by atoms with Gasteiger partial charge < -0.3 is 10.2 Å². The molecule has 35 heavy (non-hydrogen) atoms. The van der Waals surface area contributed by atoms with Crippen molar-refractivity contribution in [1.82, 2.24) is 14.8 Å². The van der Waals surface area contributed by atoms with Crippen molar-refractivity contribution in [3.63, 3.8) is 0 Å². The van der Waals surface area contributed by atoms with Gasteiger partial charge >= 0.3 is 0 Å². The molecule has 0 radical (unpaired) electrons. The van der Waals surface area contributed by atoms with Crippen LogP contribution < -0.4 is 5.32 Å². The number of nitrogens with zero attached hydrogens (tertiary/aromatic N) is 3. The zero-order valence-corrected chi connectivity index (χ0v) is 20.0. The van der Waals surface area contributed by atoms with Crippen LogP contribution in [0, 0.1) is 0 Å². The lowest BCUT2D eigenvalue weighted by Gasteiger charge is -2.26. The quantitative estimate of drug-likeness (QED) is 0.410. The van der Waals surface area contributed by atoms with Crippen LogP contribution in [-0.4, -0.2) is 53.4 Å². The van der Waals surface area contributed by atoms with Crippen LogP contribution in [0.25, 0.3) is 10.8 Å². The van der Waals surface area contributed by atoms with E-state index in [0.717, 1.165) is 61.2 Å². The van der Waals surface area contributed by atoms with E-state index in [-0.39, 0.29) is 11.8 Å². The van der Waals surface area contributed by atoms with Crippen LogP contribution in [0.15, 0.2) is 97.3 Å². The first-order chi connectivity index (χ1) is 17.2. The van der Waals surface area contributed by atoms with Crippen LogP contribution >= 0.6 is 0 Å². The lowest BCUT2D eigenvalue weighted by Crippen LogP contribution is -2.37. The van der Waals surface area contributed by atoms with Gasteiger partial charge in [0.05, 0.1) is 5.92 Å². The first-order valence-electron chi connectivity index (χ1n) is 12.4. The number of aromatic nitrogens is 1. The lowest BCUT2D eigenvalue weighted by atomic mass is 9.97. The van der Waals surface area contributed by atoms with Crippen molar-refractivity contribution in [3.8, 4) is 0 Å². The maximum atomic E-state index is 13.6. The molecule has 1 saturated heterocycles. The van der Waals surface area contributed by atoms with Crippen LogP contribution in [0.3, 0.4) is 0 Å². The van der Waals surface area contributed by atoms with Crippen LogP contribution in [0.1, 0.15) is 23.5 Å². The Bertz CT molecular complexity index is 1240. The molecule has 0 saturated carbocycles. The molecule has 3 aromatic carbocycles. The molecule has 5 heteroatoms. The Kier molecular flexibility index (Phi) is 7.47. The molecular formula is C30H32N4O. The Hall–Kier alpha value is -3.54. The van der Waals surface area contributed by atoms with E-state index in [1.54, 1.807) is 6.20 Å². The summed E-state index contributed by atoms with van der Waals surface area (Å²) >= 11 is 0. The second-order valence-corrected chi connectivity index (χ2v) is 9.31. The molecule has 1 aliphatic rings. The maximum Gasteiger partial charge on any atom is 0.233 e. The van der Waals surface area contributed by atoms with Gasteiger partial charge in [0, 0.05) is 49.6 Å². The third kappa shape index (κ3) is 6.13. The number of carbonyl (C=O) groups is 1. The number of nitrogens with one attached hydrogen (secondary N) is 1. The number of amides is 1. The van der Waals surface area contributed by atoms with Crippen LogP contribution in [0.4, 0.5) is 5.69 Å². The molecule has 1 fully saturated rings. The molecule has 1 amide bonds. The Morgan fingerprint density at radius 2 is 1.57 bits per heavy atom. The fourth-order valence-corrected chi connectivity index (χ4v) is 4.88. The third-order valence-corrected chi connectivity index (χ3v) is 6.80. The molecule has 1 unspecified atom stereocenters. The molecular weight excluding hydrogens is 432 g/mol. The number of hydrogen-bond acceptors (Lipinski definition) is 4. The molecule has 1 aromatic heterocycles. The summed E-state index contributed by atoms with van der Waals surface area (Å²) in [5, 5.41) is 5.32. The summed E-state index contributed by atoms with van der Waals surface area (Å²) in [6.07, 6.45) is 4.73. The van der Waals surface area contributed by atoms with Gasteiger partial charge in [0.25, 0.3) is 0 Å². The predicted molar refractivity (Wildman–Crippen MR) is 142 cm³/mol. The standard InChI is InChI=1S/C30H32N4O/c35-30(32-28-13-12-27-21-31-15-14-26(27)20-28)29(25-10-5-2-6-11-25)23-34-17-7-16-33(18-19-34)22-24-8-3-1-4-9-24/h1-6,8-15,20-21,29H,7,16-19,22-23H2,(H,32,35). The number of rotatable bonds is 7. The summed E-state index contributed by atoms with van der Waals surface area (Å²) < 4.78 is 0. The number of hydrogen-bond donors (Lipinski definition) is 1. The number of anilines is 1. The highest BCUT2D eigenvalue weighted by Crippen LogP contribution is 2.23. The number of benzene rings is 3. The van der Waals surface area contributed by atoms with Gasteiger partial charge in [0.2, 0.25) is 5.91 Å². The van der Waals surface area contributed by atoms with E-state index in [9.17, 15) is 4.79 Å². The van der Waals surface area contributed by atoms with E-state index in [0.29, 0.717) is 6.54 Å². The molecule has 0 aliphatic carbocycles. The van der Waals surface area contributed by atoms with Crippen molar-refractivity contribution in [1.29, 1.82) is 0 Å². The summed E-state index contributed by atoms with van der Waals surface area (Å²) in [4.78, 5) is 22.7. The predicted octanol–water partition coefficient (Wildman–Crippen LogP) is 5.17. The van der Waals surface area contributed by atoms with Gasteiger partial charge in [-0.15, -0.1) is 0 Å². The van der Waals surface area contributed by atoms with E-state index >= 15 is 0 Å². The molecule has 2 heterocycles. The summed E-state index contributed by atoms with van der Waals surface area (Å²) in [6, 6.07) is 28.8. The van der Waals surface area contributed by atoms with Gasteiger partial charge in [-0.25, -0.2) is 0 Å². The summed E-state index contributed by atoms with van der Waals surface area (Å²) in [5.74, 6) is -0.194. The van der Waals surface area contributed by atoms with Crippen LogP contribution in [-0.2, 0) is 11.3 Å². The molecule has 1 N–H and O–H groups in total. The molecule has 1 atom stereocenters. The molecule has 0 spiro atoms. The summed E-state index contributed by atoms with van der Waals surface area (Å²) in [6.45, 7) is 5.76. The minimum Gasteiger partial charge on any atom is -0.325 e. The molecule has 4 aromatic rings. The topological polar surface area (TPSA) is 48.5 Å². The fraction of sp³-hybridized carbons (Fsp3) is 0.267. The zero-order chi connectivity index (χ0) is 23.9. The number of pyridine rings is 1. The zero-order valence-electron chi connectivity index (χ0n) is 20.0. The molecule has 1 aliphatic heterocycles. The van der Waals surface area contributed by atoms with Crippen molar-refractivity contribution in [2.75, 3.05) is 38.0 Å². The highest BCUT2D eigenvalue weighted by atomic mass is 16.1. The molecule has 5 nitrogen and oxygen atoms in total. The van der Waals surface area contributed by atoms with Gasteiger partial charge in [-0.05, 0) is 54.2 Å². The Balaban J connectivity index is 1.27. The first kappa shape index (κ1) is 23.2. The largest absolute Gasteiger partial charge is 0.325 e. The highest BCUT2D eigenvalue weighted by molar-refractivity contribution is 5.98. The summed E-state index contributed by atoms with van der Waals surface area (Å²) in [7, 11) is 0. The Labute approximate surface area is 207 Å². The minimum absolute atomic E-state index is 0.0370. The molecule has 5 rings (SSSR count). The van der Waals surface area contributed by atoms with E-state index in [4.69, 9.17) is 0 Å². The van der Waals surface area contributed by atoms with E-state index in [1.807, 2.05) is 48.7 Å². The third-order valence-electron chi connectivity index (χ3n) is 6.80. The molecule has 0 bridgehead atoms.